The van der Waals surface area contributed by atoms with E-state index in [1.54, 1.807) is 0 Å². The third kappa shape index (κ3) is 3.34. The molecular weight excluding hydrogens is 342 g/mol. The van der Waals surface area contributed by atoms with Gasteiger partial charge in [0.25, 0.3) is 5.91 Å². The molecule has 0 unspecified atom stereocenters. The molecular formula is C20H25N5O2. The van der Waals surface area contributed by atoms with Gasteiger partial charge in [0.05, 0.1) is 11.0 Å². The second-order valence-electron chi connectivity index (χ2n) is 7.61. The van der Waals surface area contributed by atoms with Gasteiger partial charge in [0.2, 0.25) is 5.91 Å². The summed E-state index contributed by atoms with van der Waals surface area (Å²) in [6.45, 7) is 5.71. The van der Waals surface area contributed by atoms with Crippen LogP contribution in [0, 0.1) is 0 Å². The zero-order chi connectivity index (χ0) is 19.0. The maximum Gasteiger partial charge on any atom is 0.270 e. The first-order valence-corrected chi connectivity index (χ1v) is 9.66. The van der Waals surface area contributed by atoms with Crippen LogP contribution in [0.1, 0.15) is 57.3 Å². The van der Waals surface area contributed by atoms with Gasteiger partial charge in [-0.3, -0.25) is 9.59 Å². The predicted octanol–water partition coefficient (Wildman–Crippen LogP) is 2.59. The topological polar surface area (TPSA) is 79.6 Å². The van der Waals surface area contributed by atoms with Crippen molar-refractivity contribution in [1.29, 1.82) is 0 Å². The number of hydrogen-bond acceptors (Lipinski definition) is 4. The van der Waals surface area contributed by atoms with Gasteiger partial charge in [0, 0.05) is 37.9 Å². The lowest BCUT2D eigenvalue weighted by molar-refractivity contribution is -0.125. The first kappa shape index (κ1) is 17.7. The summed E-state index contributed by atoms with van der Waals surface area (Å²) in [5, 5.41) is 3.97. The first-order valence-electron chi connectivity index (χ1n) is 9.66. The lowest BCUT2D eigenvalue weighted by atomic mass is 9.96. The van der Waals surface area contributed by atoms with Crippen LogP contribution in [-0.2, 0) is 9.59 Å². The van der Waals surface area contributed by atoms with E-state index in [2.05, 4.69) is 35.0 Å². The second kappa shape index (κ2) is 7.13. The van der Waals surface area contributed by atoms with E-state index < -0.39 is 0 Å². The molecule has 2 aliphatic rings. The number of nitrogens with zero attached hydrogens (tertiary/aromatic N) is 4. The van der Waals surface area contributed by atoms with Gasteiger partial charge in [-0.2, -0.15) is 5.10 Å². The summed E-state index contributed by atoms with van der Waals surface area (Å²) >= 11 is 0. The lowest BCUT2D eigenvalue weighted by Gasteiger charge is -2.33. The van der Waals surface area contributed by atoms with E-state index in [1.807, 2.05) is 23.1 Å². The molecule has 7 heteroatoms. The van der Waals surface area contributed by atoms with E-state index in [4.69, 9.17) is 4.98 Å². The van der Waals surface area contributed by atoms with Gasteiger partial charge in [-0.25, -0.2) is 10.4 Å². The number of amides is 2. The van der Waals surface area contributed by atoms with Crippen molar-refractivity contribution in [2.24, 2.45) is 5.10 Å². The number of piperidine rings is 1. The maximum absolute atomic E-state index is 12.8. The predicted molar refractivity (Wildman–Crippen MR) is 103 cm³/mol. The normalized spacial score (nSPS) is 20.7. The molecule has 1 fully saturated rings. The Bertz CT molecular complexity index is 914. The minimum atomic E-state index is -0.131. The minimum Gasteiger partial charge on any atom is -0.337 e. The molecule has 0 radical (unpaired) electrons. The number of para-hydroxylation sites is 2. The minimum absolute atomic E-state index is 0.0630. The Morgan fingerprint density at radius 3 is 2.81 bits per heavy atom. The smallest absolute Gasteiger partial charge is 0.270 e. The number of aromatic nitrogens is 2. The van der Waals surface area contributed by atoms with Crippen LogP contribution in [0.5, 0.6) is 0 Å². The molecule has 1 aromatic carbocycles. The van der Waals surface area contributed by atoms with Crippen molar-refractivity contribution in [2.75, 3.05) is 13.1 Å². The van der Waals surface area contributed by atoms with Crippen molar-refractivity contribution >= 4 is 28.6 Å². The average molecular weight is 367 g/mol. The Labute approximate surface area is 158 Å². The van der Waals surface area contributed by atoms with E-state index >= 15 is 0 Å². The number of carbonyl (C=O) groups excluding carboxylic acids is 2. The average Bonchev–Trinajstić information content (AvgIpc) is 3.08. The third-order valence-corrected chi connectivity index (χ3v) is 5.36. The standard InChI is InChI=1S/C20H25N5O2/c1-13(2)25-17-8-4-3-7-15(17)21-19(25)14-6-5-11-24(12-14)20(27)16-9-10-18(26)23-22-16/h3-4,7-8,13-14H,5-6,9-12H2,1-2H3,(H,23,26)/t14-/m1/s1. The van der Waals surface area contributed by atoms with Gasteiger partial charge in [-0.15, -0.1) is 0 Å². The third-order valence-electron chi connectivity index (χ3n) is 5.36. The SMILES string of the molecule is CC(C)n1c([C@@H]2CCCN(C(=O)C3=NNC(=O)CC3)C2)nc2ccccc21. The second-order valence-corrected chi connectivity index (χ2v) is 7.61. The summed E-state index contributed by atoms with van der Waals surface area (Å²) in [6.07, 6.45) is 2.70. The maximum atomic E-state index is 12.8. The van der Waals surface area contributed by atoms with E-state index in [9.17, 15) is 9.59 Å². The molecule has 4 rings (SSSR count). The highest BCUT2D eigenvalue weighted by Gasteiger charge is 2.31. The highest BCUT2D eigenvalue weighted by Crippen LogP contribution is 2.31. The molecule has 1 saturated heterocycles. The molecule has 2 aliphatic heterocycles. The fourth-order valence-corrected chi connectivity index (χ4v) is 4.08. The first-order chi connectivity index (χ1) is 13.0. The Morgan fingerprint density at radius 1 is 1.26 bits per heavy atom. The Morgan fingerprint density at radius 2 is 2.07 bits per heavy atom. The summed E-state index contributed by atoms with van der Waals surface area (Å²) in [5.74, 6) is 1.07. The molecule has 1 atom stereocenters. The molecule has 2 aromatic rings. The van der Waals surface area contributed by atoms with Crippen LogP contribution >= 0.6 is 0 Å². The van der Waals surface area contributed by atoms with Crippen LogP contribution in [0.2, 0.25) is 0 Å². The number of fused-ring (bicyclic) bond motifs is 1. The highest BCUT2D eigenvalue weighted by atomic mass is 16.2. The lowest BCUT2D eigenvalue weighted by Crippen LogP contribution is -2.45. The van der Waals surface area contributed by atoms with Crippen molar-refractivity contribution in [3.8, 4) is 0 Å². The molecule has 142 valence electrons. The Balaban J connectivity index is 1.60. The summed E-state index contributed by atoms with van der Waals surface area (Å²) in [5.41, 5.74) is 5.02. The van der Waals surface area contributed by atoms with Gasteiger partial charge in [0.15, 0.2) is 0 Å². The highest BCUT2D eigenvalue weighted by molar-refractivity contribution is 6.39. The van der Waals surface area contributed by atoms with Crippen LogP contribution in [0.25, 0.3) is 11.0 Å². The Hall–Kier alpha value is -2.70. The Kier molecular flexibility index (Phi) is 4.68. The van der Waals surface area contributed by atoms with Crippen LogP contribution in [0.3, 0.4) is 0 Å². The summed E-state index contributed by atoms with van der Waals surface area (Å²) in [7, 11) is 0. The fraction of sp³-hybridized carbons (Fsp3) is 0.500. The van der Waals surface area contributed by atoms with Crippen LogP contribution < -0.4 is 5.43 Å². The quantitative estimate of drug-likeness (QED) is 0.905. The van der Waals surface area contributed by atoms with Gasteiger partial charge in [-0.1, -0.05) is 12.1 Å². The van der Waals surface area contributed by atoms with Crippen molar-refractivity contribution in [3.63, 3.8) is 0 Å². The van der Waals surface area contributed by atoms with Gasteiger partial charge in [-0.05, 0) is 38.8 Å². The number of benzene rings is 1. The molecule has 7 nitrogen and oxygen atoms in total. The van der Waals surface area contributed by atoms with Crippen LogP contribution in [0.15, 0.2) is 29.4 Å². The number of hydrazone groups is 1. The molecule has 2 amide bonds. The molecule has 1 aromatic heterocycles. The number of carbonyl (C=O) groups is 2. The van der Waals surface area contributed by atoms with E-state index in [0.717, 1.165) is 36.2 Å². The molecule has 0 spiro atoms. The van der Waals surface area contributed by atoms with E-state index in [1.165, 1.54) is 0 Å². The van der Waals surface area contributed by atoms with Gasteiger partial charge in [0.1, 0.15) is 11.5 Å². The number of likely N-dealkylation sites (tertiary alicyclic amines) is 1. The molecule has 0 aliphatic carbocycles. The van der Waals surface area contributed by atoms with Gasteiger partial charge < -0.3 is 9.47 Å². The molecule has 0 saturated carbocycles. The van der Waals surface area contributed by atoms with E-state index in [-0.39, 0.29) is 17.7 Å². The van der Waals surface area contributed by atoms with Gasteiger partial charge >= 0.3 is 0 Å². The molecule has 1 N–H and O–H groups in total. The number of nitrogens with one attached hydrogen (secondary N) is 1. The largest absolute Gasteiger partial charge is 0.337 e. The van der Waals surface area contributed by atoms with Crippen molar-refractivity contribution in [2.45, 2.75) is 51.5 Å². The van der Waals surface area contributed by atoms with Crippen molar-refractivity contribution < 1.29 is 9.59 Å². The van der Waals surface area contributed by atoms with Crippen molar-refractivity contribution in [1.82, 2.24) is 19.9 Å². The fourth-order valence-electron chi connectivity index (χ4n) is 4.08. The monoisotopic (exact) mass is 367 g/mol. The van der Waals surface area contributed by atoms with Crippen LogP contribution in [0.4, 0.5) is 0 Å². The number of rotatable bonds is 3. The number of imidazole rings is 1. The van der Waals surface area contributed by atoms with E-state index in [0.29, 0.717) is 31.1 Å². The molecule has 0 bridgehead atoms. The molecule has 27 heavy (non-hydrogen) atoms. The zero-order valence-corrected chi connectivity index (χ0v) is 15.8. The summed E-state index contributed by atoms with van der Waals surface area (Å²) in [4.78, 5) is 30.9. The van der Waals surface area contributed by atoms with Crippen LogP contribution in [-0.4, -0.2) is 45.1 Å². The summed E-state index contributed by atoms with van der Waals surface area (Å²) < 4.78 is 2.30. The number of hydrogen-bond donors (Lipinski definition) is 1. The summed E-state index contributed by atoms with van der Waals surface area (Å²) in [6, 6.07) is 8.51. The van der Waals surface area contributed by atoms with Crippen molar-refractivity contribution in [3.05, 3.63) is 30.1 Å². The molecule has 3 heterocycles. The zero-order valence-electron chi connectivity index (χ0n) is 15.8.